The van der Waals surface area contributed by atoms with Crippen LogP contribution in [0.3, 0.4) is 0 Å². The number of benzene rings is 2. The molecule has 0 bridgehead atoms. The number of H-pyrrole nitrogens is 1. The predicted molar refractivity (Wildman–Crippen MR) is 99.3 cm³/mol. The van der Waals surface area contributed by atoms with Crippen LogP contribution in [0.2, 0.25) is 0 Å². The van der Waals surface area contributed by atoms with Gasteiger partial charge in [-0.2, -0.15) is 0 Å². The summed E-state index contributed by atoms with van der Waals surface area (Å²) in [6, 6.07) is 18.2. The Morgan fingerprint density at radius 1 is 1.20 bits per heavy atom. The first kappa shape index (κ1) is 15.9. The second-order valence-corrected chi connectivity index (χ2v) is 6.70. The average molecular weight is 333 g/mol. The molecule has 1 aromatic heterocycles. The van der Waals surface area contributed by atoms with Gasteiger partial charge in [-0.25, -0.2) is 4.98 Å². The minimum Gasteiger partial charge on any atom is -0.340 e. The van der Waals surface area contributed by atoms with E-state index >= 15 is 0 Å². The highest BCUT2D eigenvalue weighted by Crippen LogP contribution is 2.35. The summed E-state index contributed by atoms with van der Waals surface area (Å²) in [5.74, 6) is 1.05. The molecule has 2 heterocycles. The Morgan fingerprint density at radius 3 is 2.72 bits per heavy atom. The second kappa shape index (κ2) is 6.71. The molecule has 0 saturated carbocycles. The number of imidazole rings is 1. The SMILES string of the molecule is CC[C@@H](C(=O)N1CCC[C@@H]1c1nc2ccccc2[nH]1)c1ccccc1. The fourth-order valence-corrected chi connectivity index (χ4v) is 3.88. The van der Waals surface area contributed by atoms with E-state index in [-0.39, 0.29) is 17.9 Å². The molecule has 2 aromatic carbocycles. The number of hydrogen-bond acceptors (Lipinski definition) is 2. The Balaban J connectivity index is 1.63. The summed E-state index contributed by atoms with van der Waals surface area (Å²) in [4.78, 5) is 23.4. The van der Waals surface area contributed by atoms with E-state index in [0.29, 0.717) is 0 Å². The molecular formula is C21H23N3O. The lowest BCUT2D eigenvalue weighted by atomic mass is 9.94. The van der Waals surface area contributed by atoms with Crippen molar-refractivity contribution < 1.29 is 4.79 Å². The smallest absolute Gasteiger partial charge is 0.230 e. The second-order valence-electron chi connectivity index (χ2n) is 6.70. The first-order valence-corrected chi connectivity index (χ1v) is 9.08. The Bertz CT molecular complexity index is 838. The van der Waals surface area contributed by atoms with Crippen LogP contribution in [0.15, 0.2) is 54.6 Å². The molecule has 0 unspecified atom stereocenters. The largest absolute Gasteiger partial charge is 0.340 e. The van der Waals surface area contributed by atoms with Crippen molar-refractivity contribution in [2.75, 3.05) is 6.54 Å². The molecule has 0 spiro atoms. The first-order valence-electron chi connectivity index (χ1n) is 9.08. The van der Waals surface area contributed by atoms with E-state index in [4.69, 9.17) is 4.98 Å². The van der Waals surface area contributed by atoms with Crippen molar-refractivity contribution in [2.24, 2.45) is 0 Å². The third-order valence-corrected chi connectivity index (χ3v) is 5.17. The fourth-order valence-electron chi connectivity index (χ4n) is 3.88. The molecule has 1 fully saturated rings. The molecular weight excluding hydrogens is 310 g/mol. The van der Waals surface area contributed by atoms with Crippen molar-refractivity contribution in [3.05, 3.63) is 66.0 Å². The van der Waals surface area contributed by atoms with E-state index in [1.54, 1.807) is 0 Å². The summed E-state index contributed by atoms with van der Waals surface area (Å²) in [6.45, 7) is 2.89. The van der Waals surface area contributed by atoms with Gasteiger partial charge in [0.15, 0.2) is 0 Å². The van der Waals surface area contributed by atoms with Gasteiger partial charge in [0.05, 0.1) is 23.0 Å². The van der Waals surface area contributed by atoms with Crippen molar-refractivity contribution in [1.29, 1.82) is 0 Å². The van der Waals surface area contributed by atoms with E-state index in [9.17, 15) is 4.79 Å². The van der Waals surface area contributed by atoms with Crippen LogP contribution in [-0.4, -0.2) is 27.3 Å². The van der Waals surface area contributed by atoms with Gasteiger partial charge in [-0.3, -0.25) is 4.79 Å². The third kappa shape index (κ3) is 2.93. The maximum Gasteiger partial charge on any atom is 0.230 e. The van der Waals surface area contributed by atoms with Crippen LogP contribution >= 0.6 is 0 Å². The minimum atomic E-state index is -0.0776. The van der Waals surface area contributed by atoms with E-state index in [1.165, 1.54) is 0 Å². The molecule has 1 N–H and O–H groups in total. The molecule has 1 saturated heterocycles. The van der Waals surface area contributed by atoms with E-state index in [2.05, 4.69) is 24.0 Å². The maximum atomic E-state index is 13.3. The Morgan fingerprint density at radius 2 is 1.96 bits per heavy atom. The van der Waals surface area contributed by atoms with Gasteiger partial charge in [0.25, 0.3) is 0 Å². The molecule has 4 rings (SSSR count). The molecule has 4 heteroatoms. The van der Waals surface area contributed by atoms with E-state index in [0.717, 1.165) is 48.2 Å². The third-order valence-electron chi connectivity index (χ3n) is 5.17. The zero-order valence-corrected chi connectivity index (χ0v) is 14.5. The van der Waals surface area contributed by atoms with Crippen molar-refractivity contribution in [2.45, 2.75) is 38.1 Å². The molecule has 1 aliphatic rings. The van der Waals surface area contributed by atoms with Crippen molar-refractivity contribution in [3.8, 4) is 0 Å². The molecule has 3 aromatic rings. The standard InChI is InChI=1S/C21H23N3O/c1-2-16(15-9-4-3-5-10-15)21(25)24-14-8-13-19(24)20-22-17-11-6-7-12-18(17)23-20/h3-7,9-12,16,19H,2,8,13-14H2,1H3,(H,22,23)/t16-,19-/m1/s1. The van der Waals surface area contributed by atoms with Gasteiger partial charge >= 0.3 is 0 Å². The van der Waals surface area contributed by atoms with Crippen molar-refractivity contribution in [3.63, 3.8) is 0 Å². The Kier molecular flexibility index (Phi) is 4.26. The number of nitrogens with zero attached hydrogens (tertiary/aromatic N) is 2. The number of para-hydroxylation sites is 2. The number of rotatable bonds is 4. The first-order chi connectivity index (χ1) is 12.3. The lowest BCUT2D eigenvalue weighted by Crippen LogP contribution is -2.35. The van der Waals surface area contributed by atoms with Crippen molar-refractivity contribution >= 4 is 16.9 Å². The molecule has 128 valence electrons. The molecule has 0 radical (unpaired) electrons. The molecule has 1 aliphatic heterocycles. The zero-order chi connectivity index (χ0) is 17.2. The highest BCUT2D eigenvalue weighted by Gasteiger charge is 2.35. The van der Waals surface area contributed by atoms with Gasteiger partial charge in [-0.05, 0) is 37.0 Å². The summed E-state index contributed by atoms with van der Waals surface area (Å²) in [7, 11) is 0. The van der Waals surface area contributed by atoms with Crippen LogP contribution in [0.1, 0.15) is 49.5 Å². The van der Waals surface area contributed by atoms with Gasteiger partial charge in [-0.15, -0.1) is 0 Å². The lowest BCUT2D eigenvalue weighted by Gasteiger charge is -2.27. The summed E-state index contributed by atoms with van der Waals surface area (Å²) in [5, 5.41) is 0. The average Bonchev–Trinajstić information content (AvgIpc) is 3.29. The summed E-state index contributed by atoms with van der Waals surface area (Å²) in [5.41, 5.74) is 3.10. The number of aromatic amines is 1. The van der Waals surface area contributed by atoms with Crippen LogP contribution in [0.25, 0.3) is 11.0 Å². The van der Waals surface area contributed by atoms with E-state index in [1.807, 2.05) is 47.4 Å². The van der Waals surface area contributed by atoms with Gasteiger partial charge < -0.3 is 9.88 Å². The molecule has 4 nitrogen and oxygen atoms in total. The van der Waals surface area contributed by atoms with Crippen molar-refractivity contribution in [1.82, 2.24) is 14.9 Å². The molecule has 1 amide bonds. The number of likely N-dealkylation sites (tertiary alicyclic amines) is 1. The fraction of sp³-hybridized carbons (Fsp3) is 0.333. The highest BCUT2D eigenvalue weighted by molar-refractivity contribution is 5.84. The molecule has 2 atom stereocenters. The molecule has 0 aliphatic carbocycles. The van der Waals surface area contributed by atoms with Gasteiger partial charge in [-0.1, -0.05) is 49.4 Å². The topological polar surface area (TPSA) is 49.0 Å². The lowest BCUT2D eigenvalue weighted by molar-refractivity contribution is -0.134. The van der Waals surface area contributed by atoms with Crippen LogP contribution in [-0.2, 0) is 4.79 Å². The van der Waals surface area contributed by atoms with Gasteiger partial charge in [0.2, 0.25) is 5.91 Å². The van der Waals surface area contributed by atoms with Gasteiger partial charge in [0.1, 0.15) is 5.82 Å². The number of amides is 1. The Labute approximate surface area is 147 Å². The Hall–Kier alpha value is -2.62. The van der Waals surface area contributed by atoms with Crippen LogP contribution in [0, 0.1) is 0 Å². The molecule has 25 heavy (non-hydrogen) atoms. The minimum absolute atomic E-state index is 0.0534. The maximum absolute atomic E-state index is 13.3. The summed E-state index contributed by atoms with van der Waals surface area (Å²) >= 11 is 0. The number of aromatic nitrogens is 2. The van der Waals surface area contributed by atoms with E-state index < -0.39 is 0 Å². The number of hydrogen-bond donors (Lipinski definition) is 1. The zero-order valence-electron chi connectivity index (χ0n) is 14.5. The van der Waals surface area contributed by atoms with Crippen LogP contribution in [0.5, 0.6) is 0 Å². The number of nitrogens with one attached hydrogen (secondary N) is 1. The monoisotopic (exact) mass is 333 g/mol. The summed E-state index contributed by atoms with van der Waals surface area (Å²) < 4.78 is 0. The quantitative estimate of drug-likeness (QED) is 0.768. The predicted octanol–water partition coefficient (Wildman–Crippen LogP) is 4.42. The van der Waals surface area contributed by atoms with Gasteiger partial charge in [0, 0.05) is 6.54 Å². The van der Waals surface area contributed by atoms with Crippen LogP contribution in [0.4, 0.5) is 0 Å². The number of carbonyl (C=O) groups excluding carboxylic acids is 1. The number of fused-ring (bicyclic) bond motifs is 1. The normalized spacial score (nSPS) is 18.6. The summed E-state index contributed by atoms with van der Waals surface area (Å²) in [6.07, 6.45) is 2.81. The number of carbonyl (C=O) groups is 1. The highest BCUT2D eigenvalue weighted by atomic mass is 16.2. The van der Waals surface area contributed by atoms with Crippen LogP contribution < -0.4 is 0 Å².